The number of hydrogen-bond acceptors (Lipinski definition) is 4. The van der Waals surface area contributed by atoms with Crippen LogP contribution in [0.1, 0.15) is 0 Å². The lowest BCUT2D eigenvalue weighted by molar-refractivity contribution is 0.611. The van der Waals surface area contributed by atoms with Gasteiger partial charge in [0.2, 0.25) is 5.43 Å². The predicted molar refractivity (Wildman–Crippen MR) is 90.1 cm³/mol. The maximum atomic E-state index is 14.1. The van der Waals surface area contributed by atoms with E-state index in [1.165, 1.54) is 23.0 Å². The maximum Gasteiger partial charge on any atom is 0.209 e. The molecule has 1 aromatic carbocycles. The molecule has 4 rings (SSSR count). The Labute approximate surface area is 141 Å². The lowest BCUT2D eigenvalue weighted by Crippen LogP contribution is -2.15. The lowest BCUT2D eigenvalue weighted by Gasteiger charge is -2.10. The molecule has 0 aliphatic rings. The van der Waals surface area contributed by atoms with Crippen molar-refractivity contribution < 1.29 is 4.39 Å². The topological polar surface area (TPSA) is 65.6 Å². The largest absolute Gasteiger partial charge is 0.287 e. The summed E-state index contributed by atoms with van der Waals surface area (Å²) < 4.78 is 17.1. The van der Waals surface area contributed by atoms with Gasteiger partial charge in [0.05, 0.1) is 17.6 Å². The molecule has 25 heavy (non-hydrogen) atoms. The van der Waals surface area contributed by atoms with Gasteiger partial charge in [-0.3, -0.25) is 9.78 Å². The molecule has 0 atom stereocenters. The zero-order valence-electron chi connectivity index (χ0n) is 13.0. The van der Waals surface area contributed by atoms with Crippen molar-refractivity contribution in [2.45, 2.75) is 0 Å². The normalized spacial score (nSPS) is 10.8. The van der Waals surface area contributed by atoms with Crippen LogP contribution < -0.4 is 5.43 Å². The highest BCUT2D eigenvalue weighted by atomic mass is 19.1. The molecule has 4 aromatic rings. The molecule has 0 saturated heterocycles. The third kappa shape index (κ3) is 2.72. The molecule has 0 unspecified atom stereocenters. The van der Waals surface area contributed by atoms with Crippen LogP contribution in [0, 0.1) is 5.82 Å². The van der Waals surface area contributed by atoms with E-state index in [4.69, 9.17) is 0 Å². The Kier molecular flexibility index (Phi) is 3.66. The number of nitrogens with zero attached hydrogens (tertiary/aromatic N) is 5. The fourth-order valence-electron chi connectivity index (χ4n) is 2.52. The minimum Gasteiger partial charge on any atom is -0.287 e. The minimum absolute atomic E-state index is 0.181. The first-order valence-corrected chi connectivity index (χ1v) is 7.54. The van der Waals surface area contributed by atoms with Crippen LogP contribution >= 0.6 is 0 Å². The fraction of sp³-hybridized carbons (Fsp3) is 0. The summed E-state index contributed by atoms with van der Waals surface area (Å²) >= 11 is 0. The Morgan fingerprint density at radius 1 is 0.920 bits per heavy atom. The summed E-state index contributed by atoms with van der Waals surface area (Å²) in [6, 6.07) is 12.8. The smallest absolute Gasteiger partial charge is 0.209 e. The van der Waals surface area contributed by atoms with E-state index < -0.39 is 5.82 Å². The summed E-state index contributed by atoms with van der Waals surface area (Å²) in [4.78, 5) is 16.3. The Morgan fingerprint density at radius 2 is 1.72 bits per heavy atom. The van der Waals surface area contributed by atoms with Gasteiger partial charge in [-0.05, 0) is 30.3 Å². The second-order valence-electron chi connectivity index (χ2n) is 5.26. The molecular formula is C18H12FN5O. The molecule has 0 amide bonds. The Balaban J connectivity index is 1.89. The van der Waals surface area contributed by atoms with Crippen LogP contribution in [-0.2, 0) is 0 Å². The van der Waals surface area contributed by atoms with Gasteiger partial charge in [-0.2, -0.15) is 10.2 Å². The maximum absolute atomic E-state index is 14.1. The fourth-order valence-corrected chi connectivity index (χ4v) is 2.52. The van der Waals surface area contributed by atoms with Crippen molar-refractivity contribution in [2.24, 2.45) is 0 Å². The summed E-state index contributed by atoms with van der Waals surface area (Å²) in [5.74, 6) is -0.433. The highest BCUT2D eigenvalue weighted by molar-refractivity contribution is 5.57. The molecule has 0 aliphatic carbocycles. The van der Waals surface area contributed by atoms with Gasteiger partial charge in [0.15, 0.2) is 5.69 Å². The van der Waals surface area contributed by atoms with E-state index in [0.717, 1.165) is 5.69 Å². The summed E-state index contributed by atoms with van der Waals surface area (Å²) in [6.45, 7) is 0. The molecular weight excluding hydrogens is 321 g/mol. The number of halogens is 1. The van der Waals surface area contributed by atoms with Crippen LogP contribution in [0.25, 0.3) is 22.8 Å². The zero-order valence-corrected chi connectivity index (χ0v) is 13.0. The van der Waals surface area contributed by atoms with E-state index in [-0.39, 0.29) is 16.8 Å². The lowest BCUT2D eigenvalue weighted by atomic mass is 10.2. The standard InChI is InChI=1S/C18H12FN5O/c19-14-3-1-2-4-15(14)24-16(7-11-21-24)18-17(25)8-12-23(22-18)13-5-9-20-10-6-13/h1-12H. The minimum atomic E-state index is -0.433. The molecule has 0 aliphatic heterocycles. The first-order valence-electron chi connectivity index (χ1n) is 7.54. The number of pyridine rings is 1. The number of benzene rings is 1. The second-order valence-corrected chi connectivity index (χ2v) is 5.26. The molecule has 0 fully saturated rings. The van der Waals surface area contributed by atoms with Crippen LogP contribution in [0.4, 0.5) is 4.39 Å². The molecule has 6 nitrogen and oxygen atoms in total. The van der Waals surface area contributed by atoms with Crippen LogP contribution in [0.2, 0.25) is 0 Å². The van der Waals surface area contributed by atoms with Crippen LogP contribution in [0.3, 0.4) is 0 Å². The van der Waals surface area contributed by atoms with E-state index in [1.807, 2.05) is 0 Å². The van der Waals surface area contributed by atoms with Crippen molar-refractivity contribution in [3.8, 4) is 22.8 Å². The van der Waals surface area contributed by atoms with E-state index in [9.17, 15) is 9.18 Å². The third-order valence-electron chi connectivity index (χ3n) is 3.70. The summed E-state index contributed by atoms with van der Waals surface area (Å²) in [6.07, 6.45) is 6.36. The Bertz CT molecular complexity index is 1090. The van der Waals surface area contributed by atoms with Gasteiger partial charge in [-0.15, -0.1) is 0 Å². The molecule has 0 radical (unpaired) electrons. The van der Waals surface area contributed by atoms with E-state index in [1.54, 1.807) is 59.7 Å². The van der Waals surface area contributed by atoms with E-state index >= 15 is 0 Å². The van der Waals surface area contributed by atoms with Gasteiger partial charge in [0.25, 0.3) is 0 Å². The van der Waals surface area contributed by atoms with Crippen molar-refractivity contribution in [1.29, 1.82) is 0 Å². The number of para-hydroxylation sites is 1. The number of aromatic nitrogens is 5. The average Bonchev–Trinajstić information content (AvgIpc) is 3.12. The van der Waals surface area contributed by atoms with Crippen molar-refractivity contribution in [1.82, 2.24) is 24.5 Å². The second kappa shape index (κ2) is 6.12. The first-order chi connectivity index (χ1) is 12.2. The molecule has 0 bridgehead atoms. The Hall–Kier alpha value is -3.61. The van der Waals surface area contributed by atoms with Gasteiger partial charge in [-0.25, -0.2) is 13.8 Å². The van der Waals surface area contributed by atoms with Crippen molar-refractivity contribution in [2.75, 3.05) is 0 Å². The Morgan fingerprint density at radius 3 is 2.52 bits per heavy atom. The zero-order chi connectivity index (χ0) is 17.2. The highest BCUT2D eigenvalue weighted by Crippen LogP contribution is 2.20. The van der Waals surface area contributed by atoms with Crippen LogP contribution in [-0.4, -0.2) is 24.5 Å². The molecule has 0 spiro atoms. The van der Waals surface area contributed by atoms with Gasteiger partial charge < -0.3 is 0 Å². The van der Waals surface area contributed by atoms with Crippen molar-refractivity contribution in [3.05, 3.63) is 89.4 Å². The predicted octanol–water partition coefficient (Wildman–Crippen LogP) is 2.62. The SMILES string of the molecule is O=c1ccn(-c2ccncc2)nc1-c1ccnn1-c1ccccc1F. The summed E-state index contributed by atoms with van der Waals surface area (Å²) in [7, 11) is 0. The third-order valence-corrected chi connectivity index (χ3v) is 3.70. The first kappa shape index (κ1) is 14.9. The van der Waals surface area contributed by atoms with Gasteiger partial charge >= 0.3 is 0 Å². The van der Waals surface area contributed by atoms with Gasteiger partial charge in [0, 0.05) is 24.7 Å². The molecule has 0 saturated carbocycles. The van der Waals surface area contributed by atoms with E-state index in [2.05, 4.69) is 15.2 Å². The summed E-state index contributed by atoms with van der Waals surface area (Å²) in [5, 5.41) is 8.54. The molecule has 3 aromatic heterocycles. The number of rotatable bonds is 3. The van der Waals surface area contributed by atoms with E-state index in [0.29, 0.717) is 5.69 Å². The molecule has 122 valence electrons. The molecule has 7 heteroatoms. The average molecular weight is 333 g/mol. The monoisotopic (exact) mass is 333 g/mol. The molecule has 3 heterocycles. The summed E-state index contributed by atoms with van der Waals surface area (Å²) in [5.41, 5.74) is 1.33. The van der Waals surface area contributed by atoms with Crippen molar-refractivity contribution >= 4 is 0 Å². The highest BCUT2D eigenvalue weighted by Gasteiger charge is 2.15. The molecule has 0 N–H and O–H groups in total. The van der Waals surface area contributed by atoms with Gasteiger partial charge in [-0.1, -0.05) is 12.1 Å². The number of hydrogen-bond donors (Lipinski definition) is 0. The van der Waals surface area contributed by atoms with Crippen LogP contribution in [0.5, 0.6) is 0 Å². The van der Waals surface area contributed by atoms with Crippen molar-refractivity contribution in [3.63, 3.8) is 0 Å². The van der Waals surface area contributed by atoms with Gasteiger partial charge in [0.1, 0.15) is 11.5 Å². The quantitative estimate of drug-likeness (QED) is 0.578. The van der Waals surface area contributed by atoms with Crippen LogP contribution in [0.15, 0.2) is 78.1 Å².